The van der Waals surface area contributed by atoms with E-state index >= 15 is 0 Å². The molecule has 15 heteroatoms. The first-order chi connectivity index (χ1) is 25.0. The van der Waals surface area contributed by atoms with Crippen LogP contribution in [0.15, 0.2) is 128 Å². The van der Waals surface area contributed by atoms with Gasteiger partial charge >= 0.3 is 17.2 Å². The Morgan fingerprint density at radius 3 is 1.41 bits per heavy atom. The summed E-state index contributed by atoms with van der Waals surface area (Å²) in [7, 11) is -1.48. The monoisotopic (exact) mass is 724 g/mol. The molecule has 2 aromatic carbocycles. The molecule has 0 unspecified atom stereocenters. The van der Waals surface area contributed by atoms with Gasteiger partial charge in [0.2, 0.25) is 29.3 Å². The Bertz CT molecular complexity index is 1950. The number of rotatable bonds is 16. The fraction of sp³-hybridized carbons (Fsp3) is 0.0833. The molecule has 51 heavy (non-hydrogen) atoms. The number of carbonyl (C=O) groups is 1. The highest BCUT2D eigenvalue weighted by Gasteiger charge is 2.30. The lowest BCUT2D eigenvalue weighted by atomic mass is 9.99. The number of hydrogen-bond acceptors (Lipinski definition) is 13. The first-order valence-electron chi connectivity index (χ1n) is 15.2. The van der Waals surface area contributed by atoms with E-state index in [1.807, 2.05) is 0 Å². The minimum Gasteiger partial charge on any atom is -0.497 e. The van der Waals surface area contributed by atoms with Gasteiger partial charge in [-0.1, -0.05) is 24.3 Å². The van der Waals surface area contributed by atoms with E-state index in [2.05, 4.69) is 19.9 Å². The van der Waals surface area contributed by atoms with Crippen molar-refractivity contribution in [1.29, 1.82) is 0 Å². The molecule has 4 heterocycles. The summed E-state index contributed by atoms with van der Waals surface area (Å²) in [6.45, 7) is 1.76. The van der Waals surface area contributed by atoms with Crippen molar-refractivity contribution < 1.29 is 41.4 Å². The number of benzene rings is 2. The smallest absolute Gasteiger partial charge is 0.497 e. The SMILES string of the molecule is COc1ccc(C(=O)c2ccc(OC)c(C)c2OP(Oc2ccccn2)Oc2ccccn2)c(OP(Oc2ccccn2)Oc2ccccn2)c1. The van der Waals surface area contributed by atoms with Crippen LogP contribution in [0.25, 0.3) is 0 Å². The molecule has 0 N–H and O–H groups in total. The first-order valence-corrected chi connectivity index (χ1v) is 17.4. The number of pyridine rings is 4. The zero-order valence-electron chi connectivity index (χ0n) is 27.5. The maximum absolute atomic E-state index is 14.6. The van der Waals surface area contributed by atoms with Gasteiger partial charge in [-0.05, 0) is 55.5 Å². The van der Waals surface area contributed by atoms with Crippen LogP contribution in [0.2, 0.25) is 0 Å². The van der Waals surface area contributed by atoms with Gasteiger partial charge in [0.1, 0.15) is 23.0 Å². The number of nitrogens with zero attached hydrogens (tertiary/aromatic N) is 4. The number of ether oxygens (including phenoxy) is 2. The van der Waals surface area contributed by atoms with E-state index in [0.29, 0.717) is 17.1 Å². The van der Waals surface area contributed by atoms with Crippen LogP contribution in [0.1, 0.15) is 21.5 Å². The van der Waals surface area contributed by atoms with Gasteiger partial charge in [0.15, 0.2) is 0 Å². The standard InChI is InChI=1S/C36H30N4O9P2/c1-25-29(43-3)19-18-28(36(25)49-51(47-33-14-6-10-22-39-33)48-34-15-7-11-23-40-34)35(41)27-17-16-26(42-2)24-30(27)44-50(45-31-12-4-8-20-37-31)46-32-13-5-9-21-38-32/h4-24H,1-3H3. The average Bonchev–Trinajstić information content (AvgIpc) is 3.17. The van der Waals surface area contributed by atoms with Gasteiger partial charge < -0.3 is 36.6 Å². The van der Waals surface area contributed by atoms with Crippen LogP contribution in [0.4, 0.5) is 0 Å². The highest BCUT2D eigenvalue weighted by Crippen LogP contribution is 2.47. The van der Waals surface area contributed by atoms with Gasteiger partial charge in [0, 0.05) is 60.7 Å². The first kappa shape index (κ1) is 34.8. The van der Waals surface area contributed by atoms with E-state index in [9.17, 15) is 4.79 Å². The lowest BCUT2D eigenvalue weighted by Crippen LogP contribution is -2.11. The molecule has 0 spiro atoms. The Kier molecular flexibility index (Phi) is 11.7. The zero-order chi connectivity index (χ0) is 35.4. The highest BCUT2D eigenvalue weighted by molar-refractivity contribution is 7.43. The Hall–Kier alpha value is -6.03. The van der Waals surface area contributed by atoms with E-state index in [1.165, 1.54) is 14.2 Å². The van der Waals surface area contributed by atoms with Gasteiger partial charge in [-0.15, -0.1) is 0 Å². The predicted octanol–water partition coefficient (Wildman–Crippen LogP) is 8.35. The van der Waals surface area contributed by atoms with Crippen molar-refractivity contribution in [3.05, 3.63) is 145 Å². The lowest BCUT2D eigenvalue weighted by molar-refractivity contribution is 0.103. The Balaban J connectivity index is 1.38. The molecule has 0 saturated heterocycles. The van der Waals surface area contributed by atoms with Gasteiger partial charge in [-0.2, -0.15) is 0 Å². The second-order valence-corrected chi connectivity index (χ2v) is 12.1. The predicted molar refractivity (Wildman–Crippen MR) is 189 cm³/mol. The molecule has 6 aromatic rings. The third-order valence-electron chi connectivity index (χ3n) is 6.82. The normalized spacial score (nSPS) is 10.7. The van der Waals surface area contributed by atoms with E-state index in [-0.39, 0.29) is 46.1 Å². The van der Waals surface area contributed by atoms with Crippen molar-refractivity contribution in [2.75, 3.05) is 14.2 Å². The number of carbonyl (C=O) groups excluding carboxylic acids is 1. The molecule has 6 rings (SSSR count). The van der Waals surface area contributed by atoms with Gasteiger partial charge in [0.25, 0.3) is 0 Å². The average molecular weight is 725 g/mol. The molecule has 0 fully saturated rings. The summed E-state index contributed by atoms with van der Waals surface area (Å²) in [5.41, 5.74) is 0.818. The van der Waals surface area contributed by atoms with Crippen LogP contribution >= 0.6 is 17.2 Å². The number of hydrogen-bond donors (Lipinski definition) is 0. The molecular weight excluding hydrogens is 694 g/mol. The summed E-state index contributed by atoms with van der Waals surface area (Å²) >= 11 is 0. The van der Waals surface area contributed by atoms with Gasteiger partial charge in [-0.3, -0.25) is 4.79 Å². The quantitative estimate of drug-likeness (QED) is 0.0698. The van der Waals surface area contributed by atoms with Crippen LogP contribution in [-0.2, 0) is 0 Å². The molecule has 13 nitrogen and oxygen atoms in total. The summed E-state index contributed by atoms with van der Waals surface area (Å²) in [6.07, 6.45) is 6.29. The van der Waals surface area contributed by atoms with Crippen LogP contribution in [0.5, 0.6) is 46.5 Å². The fourth-order valence-electron chi connectivity index (χ4n) is 4.41. The summed E-state index contributed by atoms with van der Waals surface area (Å²) in [5.74, 6) is 1.65. The van der Waals surface area contributed by atoms with Gasteiger partial charge in [0.05, 0.1) is 25.3 Å². The number of methoxy groups -OCH3 is 2. The van der Waals surface area contributed by atoms with Crippen molar-refractivity contribution in [2.24, 2.45) is 0 Å². The Morgan fingerprint density at radius 2 is 0.980 bits per heavy atom. The third kappa shape index (κ3) is 9.16. The van der Waals surface area contributed by atoms with Crippen molar-refractivity contribution >= 4 is 23.0 Å². The maximum atomic E-state index is 14.6. The lowest BCUT2D eigenvalue weighted by Gasteiger charge is -2.21. The van der Waals surface area contributed by atoms with Crippen molar-refractivity contribution in [3.63, 3.8) is 0 Å². The zero-order valence-corrected chi connectivity index (χ0v) is 29.3. The molecule has 0 aliphatic heterocycles. The summed E-state index contributed by atoms with van der Waals surface area (Å²) < 4.78 is 47.9. The van der Waals surface area contributed by atoms with Crippen molar-refractivity contribution in [3.8, 4) is 46.5 Å². The maximum Gasteiger partial charge on any atom is 0.532 e. The van der Waals surface area contributed by atoms with Crippen molar-refractivity contribution in [1.82, 2.24) is 19.9 Å². The number of ketones is 1. The van der Waals surface area contributed by atoms with Crippen LogP contribution in [0.3, 0.4) is 0 Å². The minimum atomic E-state index is -2.25. The number of aromatic nitrogens is 4. The molecule has 0 aliphatic rings. The molecule has 0 atom stereocenters. The van der Waals surface area contributed by atoms with E-state index in [1.54, 1.807) is 135 Å². The van der Waals surface area contributed by atoms with Crippen LogP contribution in [-0.4, -0.2) is 39.9 Å². The van der Waals surface area contributed by atoms with Crippen LogP contribution in [0, 0.1) is 6.92 Å². The topological polar surface area (TPSA) is 142 Å². The summed E-state index contributed by atoms with van der Waals surface area (Å²) in [6, 6.07) is 28.7. The van der Waals surface area contributed by atoms with E-state index in [4.69, 9.17) is 36.6 Å². The minimum absolute atomic E-state index is 0.105. The molecule has 0 aliphatic carbocycles. The molecule has 0 amide bonds. The van der Waals surface area contributed by atoms with E-state index in [0.717, 1.165) is 0 Å². The molecule has 0 bridgehead atoms. The second-order valence-electron chi connectivity index (χ2n) is 10.1. The molecular formula is C36H30N4O9P2. The van der Waals surface area contributed by atoms with Crippen LogP contribution < -0.4 is 36.6 Å². The molecule has 4 aromatic heterocycles. The third-order valence-corrected chi connectivity index (χ3v) is 8.84. The second kappa shape index (κ2) is 17.1. The summed E-state index contributed by atoms with van der Waals surface area (Å²) in [5, 5.41) is 0. The Labute approximate surface area is 296 Å². The summed E-state index contributed by atoms with van der Waals surface area (Å²) in [4.78, 5) is 31.5. The Morgan fingerprint density at radius 1 is 0.510 bits per heavy atom. The largest absolute Gasteiger partial charge is 0.532 e. The van der Waals surface area contributed by atoms with Crippen molar-refractivity contribution in [2.45, 2.75) is 6.92 Å². The highest BCUT2D eigenvalue weighted by atomic mass is 31.2. The molecule has 258 valence electrons. The fourth-order valence-corrected chi connectivity index (χ4v) is 6.37. The van der Waals surface area contributed by atoms with Gasteiger partial charge in [-0.25, -0.2) is 19.9 Å². The van der Waals surface area contributed by atoms with E-state index < -0.39 is 23.0 Å². The molecule has 0 saturated carbocycles. The molecule has 0 radical (unpaired) electrons.